The van der Waals surface area contributed by atoms with Crippen molar-refractivity contribution in [3.05, 3.63) is 142 Å². The number of hydrogen-bond acceptors (Lipinski definition) is 0. The average molecular weight is 773 g/mol. The maximum absolute atomic E-state index is 2.49. The van der Waals surface area contributed by atoms with E-state index in [1.165, 1.54) is 88.5 Å². The first-order chi connectivity index (χ1) is 20.1. The van der Waals surface area contributed by atoms with Crippen LogP contribution in [0.1, 0.15) is 51.8 Å². The summed E-state index contributed by atoms with van der Waals surface area (Å²) < 4.78 is 0. The van der Waals surface area contributed by atoms with Crippen molar-refractivity contribution in [3.8, 4) is 11.1 Å². The molecule has 1 unspecified atom stereocenters. The number of hydrogen-bond donors (Lipinski definition) is 0. The molecule has 44 heavy (non-hydrogen) atoms. The van der Waals surface area contributed by atoms with Gasteiger partial charge in [0.25, 0.3) is 0 Å². The van der Waals surface area contributed by atoms with Crippen molar-refractivity contribution in [1.82, 2.24) is 0 Å². The fourth-order valence-electron chi connectivity index (χ4n) is 8.33. The van der Waals surface area contributed by atoms with E-state index in [1.807, 2.05) is 0 Å². The van der Waals surface area contributed by atoms with E-state index in [9.17, 15) is 0 Å². The molecule has 2 aliphatic rings. The molecular formula is C41H31Cl2Hf-3. The van der Waals surface area contributed by atoms with Crippen molar-refractivity contribution in [3.63, 3.8) is 0 Å². The van der Waals surface area contributed by atoms with Gasteiger partial charge >= 0.3 is 0 Å². The van der Waals surface area contributed by atoms with Gasteiger partial charge in [-0.05, 0) is 77.1 Å². The van der Waals surface area contributed by atoms with Crippen molar-refractivity contribution >= 4 is 49.2 Å². The minimum Gasteiger partial charge on any atom is -1.00 e. The average Bonchev–Trinajstić information content (AvgIpc) is 3.62. The first-order valence-corrected chi connectivity index (χ1v) is 14.9. The summed E-state index contributed by atoms with van der Waals surface area (Å²) in [4.78, 5) is 0. The second kappa shape index (κ2) is 11.4. The maximum atomic E-state index is 2.49. The van der Waals surface area contributed by atoms with E-state index in [2.05, 4.69) is 124 Å². The molecule has 0 radical (unpaired) electrons. The van der Waals surface area contributed by atoms with Crippen molar-refractivity contribution in [2.24, 2.45) is 0 Å². The van der Waals surface area contributed by atoms with Gasteiger partial charge in [-0.25, -0.2) is 0 Å². The first kappa shape index (κ1) is 30.9. The molecule has 7 aromatic carbocycles. The van der Waals surface area contributed by atoms with Crippen LogP contribution in [0.2, 0.25) is 0 Å². The molecule has 0 spiro atoms. The molecule has 0 fully saturated rings. The summed E-state index contributed by atoms with van der Waals surface area (Å²) in [6, 6.07) is 36.7. The quantitative estimate of drug-likeness (QED) is 0.133. The molecule has 2 aliphatic carbocycles. The Labute approximate surface area is 290 Å². The summed E-state index contributed by atoms with van der Waals surface area (Å²) in [7, 11) is 0. The Bertz CT molecular complexity index is 2300. The minimum absolute atomic E-state index is 0. The third-order valence-corrected chi connectivity index (χ3v) is 10.1. The monoisotopic (exact) mass is 773 g/mol. The largest absolute Gasteiger partial charge is 1.00 e. The molecule has 216 valence electrons. The Morgan fingerprint density at radius 1 is 0.659 bits per heavy atom. The number of rotatable bonds is 2. The Hall–Kier alpha value is -3.10. The fraction of sp³-hybridized carbons (Fsp3) is 0.146. The van der Waals surface area contributed by atoms with Gasteiger partial charge in [-0.3, -0.25) is 0 Å². The number of halogens is 2. The van der Waals surface area contributed by atoms with Crippen LogP contribution in [-0.4, -0.2) is 0 Å². The zero-order valence-electron chi connectivity index (χ0n) is 25.1. The van der Waals surface area contributed by atoms with Crippen LogP contribution >= 0.6 is 0 Å². The standard InChI is InChI=1S/C41H31.2ClH.Hf/c1-23-15-16-31-27(19-23)22-38-28-17-18-29(25(28)3)41(40(31)38)39-24(2)20-36-34(13-8-14-35(36)39)37-21-26-9-4-5-10-30(26)32-11-6-7-12-33(32)37;;;/h4-16,19-22,39H,17-18H2,1-3H3;2*1H;/q-1;;;/p-2. The van der Waals surface area contributed by atoms with Crippen molar-refractivity contribution in [2.75, 3.05) is 0 Å². The molecule has 0 nitrogen and oxygen atoms in total. The van der Waals surface area contributed by atoms with E-state index in [0.29, 0.717) is 0 Å². The predicted octanol–water partition coefficient (Wildman–Crippen LogP) is 4.96. The van der Waals surface area contributed by atoms with Gasteiger partial charge in [0.15, 0.2) is 0 Å². The number of allylic oxidation sites excluding steroid dienone is 1. The van der Waals surface area contributed by atoms with Crippen LogP contribution in [0.5, 0.6) is 0 Å². The molecule has 0 aliphatic heterocycles. The molecule has 3 heteroatoms. The van der Waals surface area contributed by atoms with Crippen LogP contribution in [-0.2, 0) is 38.7 Å². The molecule has 0 amide bonds. The Kier molecular flexibility index (Phi) is 7.98. The van der Waals surface area contributed by atoms with Gasteiger partial charge in [0.1, 0.15) is 0 Å². The molecule has 0 saturated carbocycles. The van der Waals surface area contributed by atoms with Crippen LogP contribution in [0.4, 0.5) is 0 Å². The molecule has 0 saturated heterocycles. The van der Waals surface area contributed by atoms with Crippen LogP contribution in [0.15, 0.2) is 103 Å². The smallest absolute Gasteiger partial charge is 0.0238 e. The number of fused-ring (bicyclic) bond motifs is 10. The summed E-state index contributed by atoms with van der Waals surface area (Å²) in [5.74, 6) is 0.284. The minimum atomic E-state index is 0. The summed E-state index contributed by atoms with van der Waals surface area (Å²) in [6.07, 6.45) is 4.82. The molecule has 0 aromatic heterocycles. The summed E-state index contributed by atoms with van der Waals surface area (Å²) in [5, 5.41) is 11.1. The van der Waals surface area contributed by atoms with Gasteiger partial charge in [-0.1, -0.05) is 119 Å². The second-order valence-corrected chi connectivity index (χ2v) is 12.3. The van der Waals surface area contributed by atoms with Crippen LogP contribution < -0.4 is 24.8 Å². The predicted molar refractivity (Wildman–Crippen MR) is 176 cm³/mol. The Morgan fingerprint density at radius 2 is 1.39 bits per heavy atom. The molecule has 9 rings (SSSR count). The number of benzene rings is 6. The Balaban J connectivity index is 0.00000114. The fourth-order valence-corrected chi connectivity index (χ4v) is 8.33. The van der Waals surface area contributed by atoms with Gasteiger partial charge in [0, 0.05) is 31.8 Å². The van der Waals surface area contributed by atoms with E-state index in [4.69, 9.17) is 0 Å². The van der Waals surface area contributed by atoms with Gasteiger partial charge < -0.3 is 24.8 Å². The summed E-state index contributed by atoms with van der Waals surface area (Å²) in [5.41, 5.74) is 14.6. The van der Waals surface area contributed by atoms with E-state index < -0.39 is 0 Å². The zero-order chi connectivity index (χ0) is 27.4. The Morgan fingerprint density at radius 3 is 2.20 bits per heavy atom. The topological polar surface area (TPSA) is 0 Å². The van der Waals surface area contributed by atoms with Crippen LogP contribution in [0.25, 0.3) is 60.3 Å². The molecule has 7 aromatic rings. The van der Waals surface area contributed by atoms with E-state index in [-0.39, 0.29) is 56.6 Å². The van der Waals surface area contributed by atoms with E-state index in [0.717, 1.165) is 6.42 Å². The second-order valence-electron chi connectivity index (χ2n) is 12.3. The van der Waals surface area contributed by atoms with Gasteiger partial charge in [-0.15, -0.1) is 39.2 Å². The summed E-state index contributed by atoms with van der Waals surface area (Å²) >= 11 is 0. The van der Waals surface area contributed by atoms with Crippen molar-refractivity contribution < 1.29 is 50.7 Å². The molecule has 0 heterocycles. The third kappa shape index (κ3) is 4.23. The number of aryl methyl sites for hydroxylation is 2. The van der Waals surface area contributed by atoms with Crippen molar-refractivity contribution in [2.45, 2.75) is 39.5 Å². The maximum Gasteiger partial charge on any atom is 0.0238 e. The van der Waals surface area contributed by atoms with Gasteiger partial charge in [0.2, 0.25) is 0 Å². The zero-order valence-corrected chi connectivity index (χ0v) is 30.2. The molecule has 2 bridgehead atoms. The van der Waals surface area contributed by atoms with Crippen LogP contribution in [0.3, 0.4) is 0 Å². The summed E-state index contributed by atoms with van der Waals surface area (Å²) in [6.45, 7) is 6.94. The van der Waals surface area contributed by atoms with Gasteiger partial charge in [-0.2, -0.15) is 0 Å². The van der Waals surface area contributed by atoms with E-state index in [1.54, 1.807) is 16.7 Å². The van der Waals surface area contributed by atoms with Crippen molar-refractivity contribution in [1.29, 1.82) is 0 Å². The normalized spacial score (nSPS) is 14.8. The molecular weight excluding hydrogens is 742 g/mol. The molecule has 0 N–H and O–H groups in total. The molecule has 1 atom stereocenters. The van der Waals surface area contributed by atoms with Gasteiger partial charge in [0.05, 0.1) is 0 Å². The van der Waals surface area contributed by atoms with E-state index >= 15 is 0 Å². The van der Waals surface area contributed by atoms with Crippen LogP contribution in [0, 0.1) is 13.8 Å². The third-order valence-electron chi connectivity index (χ3n) is 10.1. The SMILES string of the molecule is CC1=Cc2c(-c3cc4ccccc4c4ccccc34)cccc2C1c1c2c(C)c(c3[cH-]c4cc(C)ccc4c13)CC2.[Cl-].[Cl-].[Hf]. The first-order valence-electron chi connectivity index (χ1n) is 14.9.